The second kappa shape index (κ2) is 5.69. The Morgan fingerprint density at radius 3 is 2.60 bits per heavy atom. The Bertz CT molecular complexity index is 712. The summed E-state index contributed by atoms with van der Waals surface area (Å²) in [5.74, 6) is 0. The zero-order valence-electron chi connectivity index (χ0n) is 10.8. The highest BCUT2D eigenvalue weighted by atomic mass is 35.5. The van der Waals surface area contributed by atoms with E-state index in [0.29, 0.717) is 0 Å². The summed E-state index contributed by atoms with van der Waals surface area (Å²) in [5.41, 5.74) is 2.98. The third kappa shape index (κ3) is 2.57. The minimum atomic E-state index is -0.264. The van der Waals surface area contributed by atoms with E-state index in [2.05, 4.69) is 15.2 Å². The highest BCUT2D eigenvalue weighted by molar-refractivity contribution is 7.15. The van der Waals surface area contributed by atoms with Crippen LogP contribution in [-0.4, -0.2) is 15.2 Å². The lowest BCUT2D eigenvalue weighted by Crippen LogP contribution is -1.91. The van der Waals surface area contributed by atoms with Gasteiger partial charge in [0, 0.05) is 17.5 Å². The van der Waals surface area contributed by atoms with Gasteiger partial charge >= 0.3 is 0 Å². The standard InChI is InChI=1S/C15H12ClN3S/c1-10-12(8-5-9-17-10)14-18-19-15(20-14)13(16)11-6-3-2-4-7-11/h2-9,13H,1H3. The summed E-state index contributed by atoms with van der Waals surface area (Å²) in [6.45, 7) is 1.96. The SMILES string of the molecule is Cc1ncccc1-c1nnc(C(Cl)c2ccccc2)s1. The lowest BCUT2D eigenvalue weighted by molar-refractivity contribution is 0.986. The number of nitrogens with zero attached hydrogens (tertiary/aromatic N) is 3. The highest BCUT2D eigenvalue weighted by Crippen LogP contribution is 2.34. The number of pyridine rings is 1. The smallest absolute Gasteiger partial charge is 0.149 e. The summed E-state index contributed by atoms with van der Waals surface area (Å²) in [7, 11) is 0. The van der Waals surface area contributed by atoms with Crippen LogP contribution in [0.5, 0.6) is 0 Å². The molecule has 3 nitrogen and oxygen atoms in total. The molecule has 2 heterocycles. The Hall–Kier alpha value is -1.78. The maximum absolute atomic E-state index is 6.46. The summed E-state index contributed by atoms with van der Waals surface area (Å²) in [5, 5.41) is 9.85. The fourth-order valence-corrected chi connectivity index (χ4v) is 3.17. The van der Waals surface area contributed by atoms with Crippen molar-refractivity contribution in [3.8, 4) is 10.6 Å². The van der Waals surface area contributed by atoms with Crippen molar-refractivity contribution in [3.05, 3.63) is 64.9 Å². The number of halogens is 1. The van der Waals surface area contributed by atoms with Crippen LogP contribution in [0.4, 0.5) is 0 Å². The van der Waals surface area contributed by atoms with Crippen molar-refractivity contribution in [2.45, 2.75) is 12.3 Å². The fraction of sp³-hybridized carbons (Fsp3) is 0.133. The largest absolute Gasteiger partial charge is 0.261 e. The van der Waals surface area contributed by atoms with Crippen molar-refractivity contribution in [1.29, 1.82) is 0 Å². The molecule has 100 valence electrons. The van der Waals surface area contributed by atoms with E-state index >= 15 is 0 Å². The number of benzene rings is 1. The molecule has 2 aromatic heterocycles. The van der Waals surface area contributed by atoms with Gasteiger partial charge in [-0.1, -0.05) is 41.7 Å². The molecule has 1 atom stereocenters. The van der Waals surface area contributed by atoms with E-state index in [-0.39, 0.29) is 5.38 Å². The Kier molecular flexibility index (Phi) is 3.76. The zero-order chi connectivity index (χ0) is 13.9. The van der Waals surface area contributed by atoms with Gasteiger partial charge in [0.2, 0.25) is 0 Å². The van der Waals surface area contributed by atoms with Crippen LogP contribution in [0.3, 0.4) is 0 Å². The highest BCUT2D eigenvalue weighted by Gasteiger charge is 2.17. The minimum absolute atomic E-state index is 0.264. The molecular weight excluding hydrogens is 290 g/mol. The normalized spacial score (nSPS) is 12.3. The van der Waals surface area contributed by atoms with Gasteiger partial charge in [0.05, 0.1) is 0 Å². The maximum Gasteiger partial charge on any atom is 0.149 e. The van der Waals surface area contributed by atoms with Gasteiger partial charge in [-0.2, -0.15) is 0 Å². The predicted octanol–water partition coefficient (Wildman–Crippen LogP) is 4.24. The molecule has 0 N–H and O–H groups in total. The monoisotopic (exact) mass is 301 g/mol. The van der Waals surface area contributed by atoms with E-state index in [9.17, 15) is 0 Å². The number of aromatic nitrogens is 3. The molecule has 0 spiro atoms. The van der Waals surface area contributed by atoms with Gasteiger partial charge in [0.25, 0.3) is 0 Å². The number of hydrogen-bond acceptors (Lipinski definition) is 4. The molecule has 0 radical (unpaired) electrons. The Morgan fingerprint density at radius 2 is 1.85 bits per heavy atom. The summed E-state index contributed by atoms with van der Waals surface area (Å²) >= 11 is 7.97. The molecule has 0 aliphatic heterocycles. The Labute approximate surface area is 126 Å². The van der Waals surface area contributed by atoms with Gasteiger partial charge in [-0.15, -0.1) is 21.8 Å². The van der Waals surface area contributed by atoms with Gasteiger partial charge in [-0.25, -0.2) is 0 Å². The first-order chi connectivity index (χ1) is 9.75. The first-order valence-corrected chi connectivity index (χ1v) is 7.45. The van der Waals surface area contributed by atoms with Crippen LogP contribution in [0, 0.1) is 6.92 Å². The molecule has 3 rings (SSSR count). The van der Waals surface area contributed by atoms with Gasteiger partial charge in [0.15, 0.2) is 0 Å². The van der Waals surface area contributed by atoms with E-state index in [4.69, 9.17) is 11.6 Å². The summed E-state index contributed by atoms with van der Waals surface area (Å²) in [6.07, 6.45) is 1.77. The molecule has 0 saturated heterocycles. The van der Waals surface area contributed by atoms with Gasteiger partial charge in [-0.3, -0.25) is 4.98 Å². The van der Waals surface area contributed by atoms with Crippen LogP contribution in [0.15, 0.2) is 48.7 Å². The molecule has 5 heteroatoms. The number of aryl methyl sites for hydroxylation is 1. The van der Waals surface area contributed by atoms with E-state index in [1.807, 2.05) is 49.4 Å². The molecule has 0 aliphatic carbocycles. The first kappa shape index (κ1) is 13.2. The second-order valence-corrected chi connectivity index (χ2v) is 5.80. The quantitative estimate of drug-likeness (QED) is 0.679. The molecule has 3 aromatic rings. The van der Waals surface area contributed by atoms with Crippen LogP contribution in [-0.2, 0) is 0 Å². The van der Waals surface area contributed by atoms with E-state index < -0.39 is 0 Å². The number of alkyl halides is 1. The van der Waals surface area contributed by atoms with E-state index in [0.717, 1.165) is 26.8 Å². The Balaban J connectivity index is 1.93. The molecule has 20 heavy (non-hydrogen) atoms. The molecule has 0 amide bonds. The lowest BCUT2D eigenvalue weighted by atomic mass is 10.1. The van der Waals surface area contributed by atoms with Crippen molar-refractivity contribution in [2.24, 2.45) is 0 Å². The molecule has 0 aliphatic rings. The lowest BCUT2D eigenvalue weighted by Gasteiger charge is -2.04. The summed E-state index contributed by atoms with van der Waals surface area (Å²) in [6, 6.07) is 13.8. The summed E-state index contributed by atoms with van der Waals surface area (Å²) in [4.78, 5) is 4.27. The van der Waals surface area contributed by atoms with Crippen LogP contribution in [0.2, 0.25) is 0 Å². The van der Waals surface area contributed by atoms with Gasteiger partial charge in [0.1, 0.15) is 15.4 Å². The topological polar surface area (TPSA) is 38.7 Å². The predicted molar refractivity (Wildman–Crippen MR) is 82.0 cm³/mol. The van der Waals surface area contributed by atoms with Gasteiger partial charge < -0.3 is 0 Å². The molecule has 0 saturated carbocycles. The maximum atomic E-state index is 6.46. The molecular formula is C15H12ClN3S. The molecule has 1 aromatic carbocycles. The van der Waals surface area contributed by atoms with Crippen molar-refractivity contribution in [2.75, 3.05) is 0 Å². The van der Waals surface area contributed by atoms with Crippen LogP contribution < -0.4 is 0 Å². The summed E-state index contributed by atoms with van der Waals surface area (Å²) < 4.78 is 0. The third-order valence-corrected chi connectivity index (χ3v) is 4.60. The van der Waals surface area contributed by atoms with Crippen molar-refractivity contribution in [1.82, 2.24) is 15.2 Å². The van der Waals surface area contributed by atoms with E-state index in [1.165, 1.54) is 11.3 Å². The van der Waals surface area contributed by atoms with E-state index in [1.54, 1.807) is 6.20 Å². The number of hydrogen-bond donors (Lipinski definition) is 0. The molecule has 0 bridgehead atoms. The zero-order valence-corrected chi connectivity index (χ0v) is 12.4. The molecule has 1 unspecified atom stereocenters. The van der Waals surface area contributed by atoms with Crippen LogP contribution >= 0.6 is 22.9 Å². The van der Waals surface area contributed by atoms with Crippen LogP contribution in [0.25, 0.3) is 10.6 Å². The first-order valence-electron chi connectivity index (χ1n) is 6.20. The van der Waals surface area contributed by atoms with Crippen LogP contribution in [0.1, 0.15) is 21.6 Å². The second-order valence-electron chi connectivity index (χ2n) is 4.36. The molecule has 0 fully saturated rings. The van der Waals surface area contributed by atoms with Crippen molar-refractivity contribution in [3.63, 3.8) is 0 Å². The van der Waals surface area contributed by atoms with Crippen molar-refractivity contribution >= 4 is 22.9 Å². The third-order valence-electron chi connectivity index (χ3n) is 2.99. The average Bonchev–Trinajstić information content (AvgIpc) is 2.97. The fourth-order valence-electron chi connectivity index (χ4n) is 1.92. The minimum Gasteiger partial charge on any atom is -0.261 e. The Morgan fingerprint density at radius 1 is 1.05 bits per heavy atom. The average molecular weight is 302 g/mol. The van der Waals surface area contributed by atoms with Crippen molar-refractivity contribution < 1.29 is 0 Å². The number of rotatable bonds is 3. The van der Waals surface area contributed by atoms with Gasteiger partial charge in [-0.05, 0) is 24.6 Å².